The highest BCUT2D eigenvalue weighted by atomic mass is 19.4. The van der Waals surface area contributed by atoms with Gasteiger partial charge in [-0.2, -0.15) is 13.2 Å². The van der Waals surface area contributed by atoms with Crippen LogP contribution in [0.5, 0.6) is 0 Å². The predicted molar refractivity (Wildman–Crippen MR) is 98.9 cm³/mol. The van der Waals surface area contributed by atoms with E-state index in [-0.39, 0.29) is 5.69 Å². The van der Waals surface area contributed by atoms with Gasteiger partial charge in [0.05, 0.1) is 5.56 Å². The molecule has 0 spiro atoms. The number of anilines is 3. The standard InChI is InChI=1S/C19H20F3N3O2/c1-13(26)25(17-6-4-5-14(11-17)19(20,21)22)12-18(27)23-15-7-9-16(10-8-15)24(2)3/h4-11H,12H2,1-3H3,(H,23,27). The van der Waals surface area contributed by atoms with Crippen LogP contribution in [-0.4, -0.2) is 32.5 Å². The SMILES string of the molecule is CC(=O)N(CC(=O)Nc1ccc(N(C)C)cc1)c1cccc(C(F)(F)F)c1. The molecule has 0 aliphatic rings. The molecule has 1 N–H and O–H groups in total. The normalized spacial score (nSPS) is 11.0. The number of halogens is 3. The summed E-state index contributed by atoms with van der Waals surface area (Å²) in [5.41, 5.74) is 0.599. The quantitative estimate of drug-likeness (QED) is 0.861. The first kappa shape index (κ1) is 20.3. The molecule has 0 fully saturated rings. The molecule has 0 aliphatic carbocycles. The van der Waals surface area contributed by atoms with Crippen LogP contribution in [0.3, 0.4) is 0 Å². The average molecular weight is 379 g/mol. The third-order valence-electron chi connectivity index (χ3n) is 3.83. The van der Waals surface area contributed by atoms with Crippen molar-refractivity contribution < 1.29 is 22.8 Å². The number of hydrogen-bond acceptors (Lipinski definition) is 3. The van der Waals surface area contributed by atoms with E-state index in [4.69, 9.17) is 0 Å². The maximum absolute atomic E-state index is 12.9. The highest BCUT2D eigenvalue weighted by Gasteiger charge is 2.31. The molecule has 27 heavy (non-hydrogen) atoms. The van der Waals surface area contributed by atoms with E-state index in [0.717, 1.165) is 22.7 Å². The van der Waals surface area contributed by atoms with Gasteiger partial charge in [0.1, 0.15) is 6.54 Å². The Kier molecular flexibility index (Phi) is 6.09. The van der Waals surface area contributed by atoms with E-state index in [1.165, 1.54) is 19.1 Å². The maximum atomic E-state index is 12.9. The number of alkyl halides is 3. The van der Waals surface area contributed by atoms with E-state index in [2.05, 4.69) is 5.32 Å². The van der Waals surface area contributed by atoms with Crippen LogP contribution in [0, 0.1) is 0 Å². The first-order valence-corrected chi connectivity index (χ1v) is 8.10. The van der Waals surface area contributed by atoms with Crippen molar-refractivity contribution in [2.75, 3.05) is 35.8 Å². The lowest BCUT2D eigenvalue weighted by Crippen LogP contribution is -2.36. The van der Waals surface area contributed by atoms with Gasteiger partial charge in [0.2, 0.25) is 11.8 Å². The molecule has 0 radical (unpaired) electrons. The molecule has 2 aromatic rings. The molecule has 2 rings (SSSR count). The molecule has 5 nitrogen and oxygen atoms in total. The Morgan fingerprint density at radius 2 is 1.63 bits per heavy atom. The van der Waals surface area contributed by atoms with Crippen molar-refractivity contribution in [2.24, 2.45) is 0 Å². The molecule has 0 saturated carbocycles. The van der Waals surface area contributed by atoms with Gasteiger partial charge in [-0.05, 0) is 42.5 Å². The first-order chi connectivity index (χ1) is 12.6. The Bertz CT molecular complexity index is 818. The molecule has 2 aromatic carbocycles. The van der Waals surface area contributed by atoms with Gasteiger partial charge in [-0.1, -0.05) is 6.07 Å². The van der Waals surface area contributed by atoms with Crippen molar-refractivity contribution in [1.82, 2.24) is 0 Å². The summed E-state index contributed by atoms with van der Waals surface area (Å²) in [6, 6.07) is 11.3. The highest BCUT2D eigenvalue weighted by molar-refractivity contribution is 6.01. The van der Waals surface area contributed by atoms with Crippen molar-refractivity contribution in [1.29, 1.82) is 0 Å². The van der Waals surface area contributed by atoms with E-state index in [0.29, 0.717) is 5.69 Å². The van der Waals surface area contributed by atoms with Gasteiger partial charge in [-0.15, -0.1) is 0 Å². The van der Waals surface area contributed by atoms with E-state index in [9.17, 15) is 22.8 Å². The Morgan fingerprint density at radius 3 is 2.15 bits per heavy atom. The van der Waals surface area contributed by atoms with Gasteiger partial charge in [0, 0.05) is 38.1 Å². The molecule has 8 heteroatoms. The minimum atomic E-state index is -4.53. The van der Waals surface area contributed by atoms with E-state index in [1.54, 1.807) is 12.1 Å². The van der Waals surface area contributed by atoms with Gasteiger partial charge < -0.3 is 15.1 Å². The fourth-order valence-corrected chi connectivity index (χ4v) is 2.42. The number of carbonyl (C=O) groups is 2. The van der Waals surface area contributed by atoms with E-state index < -0.39 is 30.1 Å². The van der Waals surface area contributed by atoms with Crippen molar-refractivity contribution >= 4 is 28.9 Å². The Morgan fingerprint density at radius 1 is 1.00 bits per heavy atom. The summed E-state index contributed by atoms with van der Waals surface area (Å²) in [7, 11) is 3.76. The van der Waals surface area contributed by atoms with Crippen molar-refractivity contribution in [3.8, 4) is 0 Å². The van der Waals surface area contributed by atoms with Crippen LogP contribution in [-0.2, 0) is 15.8 Å². The number of nitrogens with one attached hydrogen (secondary N) is 1. The summed E-state index contributed by atoms with van der Waals surface area (Å²) in [4.78, 5) is 27.0. The molecule has 0 bridgehead atoms. The lowest BCUT2D eigenvalue weighted by molar-refractivity contribution is -0.137. The van der Waals surface area contributed by atoms with Crippen LogP contribution in [0.4, 0.5) is 30.2 Å². The Labute approximate surface area is 155 Å². The number of amides is 2. The Hall–Kier alpha value is -3.03. The van der Waals surface area contributed by atoms with E-state index in [1.807, 2.05) is 31.1 Å². The van der Waals surface area contributed by atoms with Crippen LogP contribution in [0.25, 0.3) is 0 Å². The second kappa shape index (κ2) is 8.11. The van der Waals surface area contributed by atoms with Crippen LogP contribution in [0.1, 0.15) is 12.5 Å². The number of rotatable bonds is 5. The van der Waals surface area contributed by atoms with Gasteiger partial charge in [0.25, 0.3) is 0 Å². The first-order valence-electron chi connectivity index (χ1n) is 8.10. The maximum Gasteiger partial charge on any atom is 0.416 e. The van der Waals surface area contributed by atoms with Crippen molar-refractivity contribution in [3.05, 3.63) is 54.1 Å². The molecule has 0 unspecified atom stereocenters. The number of carbonyl (C=O) groups excluding carboxylic acids is 2. The summed E-state index contributed by atoms with van der Waals surface area (Å²) < 4.78 is 38.7. The minimum absolute atomic E-state index is 0.00966. The van der Waals surface area contributed by atoms with Crippen molar-refractivity contribution in [3.63, 3.8) is 0 Å². The highest BCUT2D eigenvalue weighted by Crippen LogP contribution is 2.31. The zero-order valence-corrected chi connectivity index (χ0v) is 15.2. The second-order valence-corrected chi connectivity index (χ2v) is 6.14. The smallest absolute Gasteiger partial charge is 0.378 e. The molecule has 0 saturated heterocycles. The number of nitrogens with zero attached hydrogens (tertiary/aromatic N) is 2. The fourth-order valence-electron chi connectivity index (χ4n) is 2.42. The van der Waals surface area contributed by atoms with Crippen LogP contribution in [0.15, 0.2) is 48.5 Å². The van der Waals surface area contributed by atoms with Crippen LogP contribution >= 0.6 is 0 Å². The van der Waals surface area contributed by atoms with Gasteiger partial charge in [-0.3, -0.25) is 9.59 Å². The monoisotopic (exact) mass is 379 g/mol. The molecule has 0 aliphatic heterocycles. The summed E-state index contributed by atoms with van der Waals surface area (Å²) in [6.07, 6.45) is -4.53. The summed E-state index contributed by atoms with van der Waals surface area (Å²) >= 11 is 0. The van der Waals surface area contributed by atoms with Crippen LogP contribution < -0.4 is 15.1 Å². The molecule has 0 aromatic heterocycles. The number of benzene rings is 2. The molecule has 144 valence electrons. The lowest BCUT2D eigenvalue weighted by atomic mass is 10.1. The Balaban J connectivity index is 2.14. The van der Waals surface area contributed by atoms with Crippen molar-refractivity contribution in [2.45, 2.75) is 13.1 Å². The summed E-state index contributed by atoms with van der Waals surface area (Å²) in [6.45, 7) is 0.797. The molecule has 0 atom stereocenters. The molecular weight excluding hydrogens is 359 g/mol. The van der Waals surface area contributed by atoms with E-state index >= 15 is 0 Å². The third-order valence-corrected chi connectivity index (χ3v) is 3.83. The fraction of sp³-hybridized carbons (Fsp3) is 0.263. The average Bonchev–Trinajstić information content (AvgIpc) is 2.59. The predicted octanol–water partition coefficient (Wildman–Crippen LogP) is 3.76. The third kappa shape index (κ3) is 5.47. The zero-order valence-electron chi connectivity index (χ0n) is 15.2. The van der Waals surface area contributed by atoms with Gasteiger partial charge in [0.15, 0.2) is 0 Å². The zero-order chi connectivity index (χ0) is 20.2. The molecular formula is C19H20F3N3O2. The second-order valence-electron chi connectivity index (χ2n) is 6.14. The lowest BCUT2D eigenvalue weighted by Gasteiger charge is -2.22. The minimum Gasteiger partial charge on any atom is -0.378 e. The largest absolute Gasteiger partial charge is 0.416 e. The summed E-state index contributed by atoms with van der Waals surface area (Å²) in [5, 5.41) is 2.63. The summed E-state index contributed by atoms with van der Waals surface area (Å²) in [5.74, 6) is -1.05. The topological polar surface area (TPSA) is 52.7 Å². The van der Waals surface area contributed by atoms with Gasteiger partial charge in [-0.25, -0.2) is 0 Å². The molecule has 2 amide bonds. The van der Waals surface area contributed by atoms with Gasteiger partial charge >= 0.3 is 6.18 Å². The molecule has 0 heterocycles. The van der Waals surface area contributed by atoms with Crippen LogP contribution in [0.2, 0.25) is 0 Å². The number of hydrogen-bond donors (Lipinski definition) is 1.